The quantitative estimate of drug-likeness (QED) is 0.614. The first-order chi connectivity index (χ1) is 9.85. The van der Waals surface area contributed by atoms with Gasteiger partial charge in [-0.15, -0.1) is 0 Å². The Labute approximate surface area is 124 Å². The third-order valence-electron chi connectivity index (χ3n) is 2.81. The Morgan fingerprint density at radius 3 is 2.52 bits per heavy atom. The molecule has 1 aromatic carbocycles. The van der Waals surface area contributed by atoms with Crippen molar-refractivity contribution < 1.29 is 19.1 Å². The summed E-state index contributed by atoms with van der Waals surface area (Å²) in [7, 11) is 1.46. The van der Waals surface area contributed by atoms with Crippen LogP contribution < -0.4 is 15.8 Å². The van der Waals surface area contributed by atoms with Crippen LogP contribution >= 0.6 is 0 Å². The first-order valence-corrected chi connectivity index (χ1v) is 6.77. The number of ether oxygens (including phenoxy) is 2. The number of rotatable bonds is 6. The molecule has 116 valence electrons. The maximum atomic E-state index is 12.0. The Hall–Kier alpha value is -2.24. The number of nitrogens with two attached hydrogens (primary N) is 1. The molecule has 6 nitrogen and oxygen atoms in total. The highest BCUT2D eigenvalue weighted by atomic mass is 16.5. The van der Waals surface area contributed by atoms with Crippen LogP contribution in [0.25, 0.3) is 0 Å². The Balaban J connectivity index is 2.66. The van der Waals surface area contributed by atoms with Crippen molar-refractivity contribution in [1.29, 1.82) is 0 Å². The molecular weight excluding hydrogens is 272 g/mol. The van der Waals surface area contributed by atoms with Crippen molar-refractivity contribution in [2.45, 2.75) is 26.9 Å². The van der Waals surface area contributed by atoms with Gasteiger partial charge in [-0.2, -0.15) is 0 Å². The largest absolute Gasteiger partial charge is 0.495 e. The van der Waals surface area contributed by atoms with E-state index < -0.39 is 12.1 Å². The van der Waals surface area contributed by atoms with Gasteiger partial charge in [0.15, 0.2) is 6.10 Å². The highest BCUT2D eigenvalue weighted by Gasteiger charge is 2.19. The van der Waals surface area contributed by atoms with Gasteiger partial charge in [0, 0.05) is 6.54 Å². The number of carbonyl (C=O) groups is 2. The van der Waals surface area contributed by atoms with E-state index in [4.69, 9.17) is 15.2 Å². The Kier molecular flexibility index (Phi) is 6.02. The maximum Gasteiger partial charge on any atom is 0.339 e. The second-order valence-electron chi connectivity index (χ2n) is 5.14. The lowest BCUT2D eigenvalue weighted by Crippen LogP contribution is -2.37. The second-order valence-corrected chi connectivity index (χ2v) is 5.14. The molecule has 1 rings (SSSR count). The molecule has 0 aliphatic rings. The van der Waals surface area contributed by atoms with Crippen LogP contribution in [0, 0.1) is 5.92 Å². The molecular formula is C15H22N2O4. The normalized spacial score (nSPS) is 11.9. The average Bonchev–Trinajstić information content (AvgIpc) is 2.44. The standard InChI is InChI=1S/C15H22N2O4/c1-9(2)8-17-14(18)10(3)21-15(19)11-5-6-12(16)13(7-11)20-4/h5-7,9-10H,8,16H2,1-4H3,(H,17,18). The van der Waals surface area contributed by atoms with Gasteiger partial charge in [-0.05, 0) is 31.0 Å². The van der Waals surface area contributed by atoms with Crippen LogP contribution in [0.1, 0.15) is 31.1 Å². The van der Waals surface area contributed by atoms with E-state index in [1.165, 1.54) is 26.2 Å². The predicted octanol–water partition coefficient (Wildman–Crippen LogP) is 1.59. The highest BCUT2D eigenvalue weighted by molar-refractivity contribution is 5.93. The monoisotopic (exact) mass is 294 g/mol. The SMILES string of the molecule is COc1cc(C(=O)OC(C)C(=O)NCC(C)C)ccc1N. The van der Waals surface area contributed by atoms with Crippen molar-refractivity contribution in [3.05, 3.63) is 23.8 Å². The topological polar surface area (TPSA) is 90.6 Å². The van der Waals surface area contributed by atoms with E-state index in [0.29, 0.717) is 23.9 Å². The summed E-state index contributed by atoms with van der Waals surface area (Å²) in [5.41, 5.74) is 6.39. The first-order valence-electron chi connectivity index (χ1n) is 6.77. The van der Waals surface area contributed by atoms with E-state index >= 15 is 0 Å². The summed E-state index contributed by atoms with van der Waals surface area (Å²) < 4.78 is 10.2. The molecule has 21 heavy (non-hydrogen) atoms. The number of methoxy groups -OCH3 is 1. The smallest absolute Gasteiger partial charge is 0.339 e. The van der Waals surface area contributed by atoms with Gasteiger partial charge in [0.2, 0.25) is 0 Å². The van der Waals surface area contributed by atoms with Gasteiger partial charge in [-0.3, -0.25) is 4.79 Å². The number of hydrogen-bond acceptors (Lipinski definition) is 5. The van der Waals surface area contributed by atoms with Crippen LogP contribution in [0.15, 0.2) is 18.2 Å². The zero-order valence-electron chi connectivity index (χ0n) is 12.8. The summed E-state index contributed by atoms with van der Waals surface area (Å²) in [6.07, 6.45) is -0.861. The molecule has 0 aliphatic carbocycles. The molecule has 1 amide bonds. The molecule has 0 fully saturated rings. The molecule has 0 radical (unpaired) electrons. The van der Waals surface area contributed by atoms with Gasteiger partial charge in [0.1, 0.15) is 5.75 Å². The summed E-state index contributed by atoms with van der Waals surface area (Å²) >= 11 is 0. The van der Waals surface area contributed by atoms with Crippen molar-refractivity contribution in [1.82, 2.24) is 5.32 Å². The summed E-state index contributed by atoms with van der Waals surface area (Å²) in [6, 6.07) is 4.56. The third-order valence-corrected chi connectivity index (χ3v) is 2.81. The van der Waals surface area contributed by atoms with E-state index in [1.54, 1.807) is 6.07 Å². The summed E-state index contributed by atoms with van der Waals surface area (Å²) in [4.78, 5) is 23.7. The van der Waals surface area contributed by atoms with E-state index in [2.05, 4.69) is 5.32 Å². The summed E-state index contributed by atoms with van der Waals surface area (Å²) in [5, 5.41) is 2.71. The summed E-state index contributed by atoms with van der Waals surface area (Å²) in [5.74, 6) is -0.195. The van der Waals surface area contributed by atoms with E-state index in [0.717, 1.165) is 0 Å². The predicted molar refractivity (Wildman–Crippen MR) is 80.1 cm³/mol. The number of hydrogen-bond donors (Lipinski definition) is 2. The van der Waals surface area contributed by atoms with Crippen LogP contribution in [0.5, 0.6) is 5.75 Å². The fourth-order valence-electron chi connectivity index (χ4n) is 1.57. The Bertz CT molecular complexity index is 514. The van der Waals surface area contributed by atoms with Gasteiger partial charge < -0.3 is 20.5 Å². The second kappa shape index (κ2) is 7.52. The minimum absolute atomic E-state index is 0.282. The molecule has 0 bridgehead atoms. The number of esters is 1. The van der Waals surface area contributed by atoms with Gasteiger partial charge in [0.25, 0.3) is 5.91 Å². The molecule has 1 aromatic rings. The van der Waals surface area contributed by atoms with Crippen LogP contribution in [-0.4, -0.2) is 31.6 Å². The number of benzene rings is 1. The fourth-order valence-corrected chi connectivity index (χ4v) is 1.57. The fraction of sp³-hybridized carbons (Fsp3) is 0.467. The maximum absolute atomic E-state index is 12.0. The molecule has 0 saturated heterocycles. The molecule has 0 aromatic heterocycles. The molecule has 0 saturated carbocycles. The van der Waals surface area contributed by atoms with Crippen LogP contribution in [0.3, 0.4) is 0 Å². The van der Waals surface area contributed by atoms with Gasteiger partial charge in [-0.25, -0.2) is 4.79 Å². The molecule has 6 heteroatoms. The van der Waals surface area contributed by atoms with Gasteiger partial charge in [0.05, 0.1) is 18.4 Å². The van der Waals surface area contributed by atoms with Gasteiger partial charge >= 0.3 is 5.97 Å². The van der Waals surface area contributed by atoms with Crippen molar-refractivity contribution in [2.24, 2.45) is 5.92 Å². The third kappa shape index (κ3) is 4.98. The van der Waals surface area contributed by atoms with Crippen molar-refractivity contribution in [3.8, 4) is 5.75 Å². The lowest BCUT2D eigenvalue weighted by Gasteiger charge is -2.15. The van der Waals surface area contributed by atoms with E-state index in [-0.39, 0.29) is 11.5 Å². The van der Waals surface area contributed by atoms with E-state index in [1.807, 2.05) is 13.8 Å². The molecule has 0 heterocycles. The molecule has 1 unspecified atom stereocenters. The molecule has 1 atom stereocenters. The number of amides is 1. The number of carbonyl (C=O) groups excluding carboxylic acids is 2. The van der Waals surface area contributed by atoms with Crippen molar-refractivity contribution in [3.63, 3.8) is 0 Å². The zero-order valence-corrected chi connectivity index (χ0v) is 12.8. The molecule has 3 N–H and O–H groups in total. The molecule has 0 aliphatic heterocycles. The minimum atomic E-state index is -0.861. The average molecular weight is 294 g/mol. The summed E-state index contributed by atoms with van der Waals surface area (Å²) in [6.45, 7) is 6.04. The van der Waals surface area contributed by atoms with E-state index in [9.17, 15) is 9.59 Å². The number of anilines is 1. The Morgan fingerprint density at radius 1 is 1.29 bits per heavy atom. The number of nitrogen functional groups attached to an aromatic ring is 1. The van der Waals surface area contributed by atoms with Crippen molar-refractivity contribution in [2.75, 3.05) is 19.4 Å². The lowest BCUT2D eigenvalue weighted by atomic mass is 10.2. The van der Waals surface area contributed by atoms with Gasteiger partial charge in [-0.1, -0.05) is 13.8 Å². The zero-order chi connectivity index (χ0) is 16.0. The van der Waals surface area contributed by atoms with Crippen LogP contribution in [-0.2, 0) is 9.53 Å². The highest BCUT2D eigenvalue weighted by Crippen LogP contribution is 2.22. The molecule has 0 spiro atoms. The first kappa shape index (κ1) is 16.8. The Morgan fingerprint density at radius 2 is 1.95 bits per heavy atom. The number of nitrogens with one attached hydrogen (secondary N) is 1. The van der Waals surface area contributed by atoms with Crippen molar-refractivity contribution >= 4 is 17.6 Å². The van der Waals surface area contributed by atoms with Crippen LogP contribution in [0.4, 0.5) is 5.69 Å². The minimum Gasteiger partial charge on any atom is -0.495 e. The lowest BCUT2D eigenvalue weighted by molar-refractivity contribution is -0.129. The van der Waals surface area contributed by atoms with Crippen LogP contribution in [0.2, 0.25) is 0 Å².